The highest BCUT2D eigenvalue weighted by atomic mass is 35.5. The van der Waals surface area contributed by atoms with E-state index in [1.54, 1.807) is 30.3 Å². The summed E-state index contributed by atoms with van der Waals surface area (Å²) in [5.74, 6) is 0.0606. The quantitative estimate of drug-likeness (QED) is 0.384. The average Bonchev–Trinajstić information content (AvgIpc) is 2.74. The van der Waals surface area contributed by atoms with Gasteiger partial charge >= 0.3 is 0 Å². The van der Waals surface area contributed by atoms with E-state index in [4.69, 9.17) is 27.9 Å². The van der Waals surface area contributed by atoms with Gasteiger partial charge in [-0.15, -0.1) is 0 Å². The standard InChI is InChI=1S/C23H16Cl2N2O2/c24-19-9-10-21(25)22(13-19)27-23(28)18(14-26)11-17-7-4-8-20(12-17)29-15-16-5-2-1-3-6-16/h1-13H,15H2,(H,27,28)/b18-11-. The maximum Gasteiger partial charge on any atom is 0.266 e. The van der Waals surface area contributed by atoms with Crippen molar-refractivity contribution in [2.75, 3.05) is 5.32 Å². The first-order valence-electron chi connectivity index (χ1n) is 8.70. The molecular formula is C23H16Cl2N2O2. The molecule has 3 rings (SSSR count). The number of nitrogens with one attached hydrogen (secondary N) is 1. The van der Waals surface area contributed by atoms with E-state index in [0.717, 1.165) is 5.56 Å². The molecule has 29 heavy (non-hydrogen) atoms. The van der Waals surface area contributed by atoms with Crippen molar-refractivity contribution in [3.8, 4) is 11.8 Å². The van der Waals surface area contributed by atoms with E-state index in [2.05, 4.69) is 5.32 Å². The van der Waals surface area contributed by atoms with E-state index in [1.165, 1.54) is 12.1 Å². The van der Waals surface area contributed by atoms with Gasteiger partial charge in [0.25, 0.3) is 5.91 Å². The Morgan fingerprint density at radius 1 is 1.03 bits per heavy atom. The smallest absolute Gasteiger partial charge is 0.266 e. The molecule has 1 N–H and O–H groups in total. The second kappa shape index (κ2) is 9.79. The van der Waals surface area contributed by atoms with E-state index >= 15 is 0 Å². The lowest BCUT2D eigenvalue weighted by Gasteiger charge is -2.08. The molecule has 0 saturated heterocycles. The SMILES string of the molecule is N#C/C(=C/c1cccc(OCc2ccccc2)c1)C(=O)Nc1cc(Cl)ccc1Cl. The van der Waals surface area contributed by atoms with Crippen LogP contribution in [0.4, 0.5) is 5.69 Å². The molecule has 144 valence electrons. The second-order valence-electron chi connectivity index (χ2n) is 6.09. The fourth-order valence-electron chi connectivity index (χ4n) is 2.53. The van der Waals surface area contributed by atoms with Gasteiger partial charge in [-0.25, -0.2) is 0 Å². The highest BCUT2D eigenvalue weighted by Crippen LogP contribution is 2.26. The molecule has 4 nitrogen and oxygen atoms in total. The maximum atomic E-state index is 12.5. The van der Waals surface area contributed by atoms with Crippen LogP contribution in [0.15, 0.2) is 78.4 Å². The molecule has 0 aliphatic rings. The van der Waals surface area contributed by atoms with Crippen LogP contribution >= 0.6 is 23.2 Å². The molecule has 0 aromatic heterocycles. The average molecular weight is 423 g/mol. The minimum atomic E-state index is -0.577. The van der Waals surface area contributed by atoms with Crippen LogP contribution in [0.5, 0.6) is 5.75 Å². The normalized spacial score (nSPS) is 10.9. The van der Waals surface area contributed by atoms with Gasteiger partial charge in [-0.1, -0.05) is 65.7 Å². The number of benzene rings is 3. The number of carbonyl (C=O) groups is 1. The Balaban J connectivity index is 1.74. The van der Waals surface area contributed by atoms with Crippen molar-refractivity contribution in [2.45, 2.75) is 6.61 Å². The first kappa shape index (κ1) is 20.5. The van der Waals surface area contributed by atoms with Crippen molar-refractivity contribution in [1.82, 2.24) is 0 Å². The molecule has 3 aromatic carbocycles. The molecule has 6 heteroatoms. The van der Waals surface area contributed by atoms with Gasteiger partial charge < -0.3 is 10.1 Å². The summed E-state index contributed by atoms with van der Waals surface area (Å²) in [6.45, 7) is 0.423. The first-order chi connectivity index (χ1) is 14.0. The summed E-state index contributed by atoms with van der Waals surface area (Å²) in [5.41, 5.74) is 1.98. The lowest BCUT2D eigenvalue weighted by atomic mass is 10.1. The maximum absolute atomic E-state index is 12.5. The van der Waals surface area contributed by atoms with Crippen LogP contribution in [0.2, 0.25) is 10.0 Å². The third-order valence-electron chi connectivity index (χ3n) is 3.96. The van der Waals surface area contributed by atoms with E-state index in [0.29, 0.717) is 33.7 Å². The van der Waals surface area contributed by atoms with Crippen LogP contribution in [0.1, 0.15) is 11.1 Å². The van der Waals surface area contributed by atoms with Gasteiger partial charge in [0.2, 0.25) is 0 Å². The Morgan fingerprint density at radius 2 is 1.83 bits per heavy atom. The summed E-state index contributed by atoms with van der Waals surface area (Å²) >= 11 is 12.0. The van der Waals surface area contributed by atoms with Gasteiger partial charge in [-0.05, 0) is 47.5 Å². The van der Waals surface area contributed by atoms with Crippen molar-refractivity contribution in [3.63, 3.8) is 0 Å². The molecule has 1 amide bonds. The highest BCUT2D eigenvalue weighted by Gasteiger charge is 2.12. The molecule has 0 aliphatic heterocycles. The lowest BCUT2D eigenvalue weighted by Crippen LogP contribution is -2.13. The number of rotatable bonds is 6. The van der Waals surface area contributed by atoms with E-state index in [-0.39, 0.29) is 5.57 Å². The Labute approximate surface area is 179 Å². The van der Waals surface area contributed by atoms with Crippen molar-refractivity contribution >= 4 is 40.9 Å². The zero-order chi connectivity index (χ0) is 20.6. The van der Waals surface area contributed by atoms with Crippen molar-refractivity contribution in [3.05, 3.63) is 99.5 Å². The van der Waals surface area contributed by atoms with E-state index in [1.807, 2.05) is 42.5 Å². The number of amides is 1. The summed E-state index contributed by atoms with van der Waals surface area (Å²) < 4.78 is 5.79. The third-order valence-corrected chi connectivity index (χ3v) is 4.52. The molecular weight excluding hydrogens is 407 g/mol. The number of anilines is 1. The molecule has 0 saturated carbocycles. The molecule has 3 aromatic rings. The molecule has 0 atom stereocenters. The molecule has 0 bridgehead atoms. The molecule has 0 radical (unpaired) electrons. The Hall–Kier alpha value is -3.26. The van der Waals surface area contributed by atoms with Gasteiger partial charge in [0.1, 0.15) is 24.0 Å². The number of halogens is 2. The monoisotopic (exact) mass is 422 g/mol. The zero-order valence-electron chi connectivity index (χ0n) is 15.2. The van der Waals surface area contributed by atoms with Gasteiger partial charge in [0.15, 0.2) is 0 Å². The van der Waals surface area contributed by atoms with Crippen LogP contribution in [0.3, 0.4) is 0 Å². The lowest BCUT2D eigenvalue weighted by molar-refractivity contribution is -0.112. The first-order valence-corrected chi connectivity index (χ1v) is 9.46. The number of hydrogen-bond donors (Lipinski definition) is 1. The summed E-state index contributed by atoms with van der Waals surface area (Å²) in [7, 11) is 0. The van der Waals surface area contributed by atoms with Crippen LogP contribution in [-0.2, 0) is 11.4 Å². The van der Waals surface area contributed by atoms with Gasteiger partial charge in [-0.3, -0.25) is 4.79 Å². The Kier molecular flexibility index (Phi) is 6.91. The van der Waals surface area contributed by atoms with Gasteiger partial charge in [0.05, 0.1) is 10.7 Å². The predicted molar refractivity (Wildman–Crippen MR) is 116 cm³/mol. The topological polar surface area (TPSA) is 62.1 Å². The summed E-state index contributed by atoms with van der Waals surface area (Å²) in [4.78, 5) is 12.5. The Bertz CT molecular complexity index is 1090. The molecule has 0 heterocycles. The largest absolute Gasteiger partial charge is 0.489 e. The number of ether oxygens (including phenoxy) is 1. The molecule has 0 spiro atoms. The Morgan fingerprint density at radius 3 is 2.59 bits per heavy atom. The summed E-state index contributed by atoms with van der Waals surface area (Å²) in [5, 5.41) is 12.8. The van der Waals surface area contributed by atoms with E-state index < -0.39 is 5.91 Å². The van der Waals surface area contributed by atoms with Gasteiger partial charge in [0, 0.05) is 5.02 Å². The molecule has 0 aliphatic carbocycles. The van der Waals surface area contributed by atoms with Crippen molar-refractivity contribution < 1.29 is 9.53 Å². The molecule has 0 unspecified atom stereocenters. The highest BCUT2D eigenvalue weighted by molar-refractivity contribution is 6.36. The number of hydrogen-bond acceptors (Lipinski definition) is 3. The minimum Gasteiger partial charge on any atom is -0.489 e. The third kappa shape index (κ3) is 5.86. The fourth-order valence-corrected chi connectivity index (χ4v) is 2.87. The molecule has 0 fully saturated rings. The fraction of sp³-hybridized carbons (Fsp3) is 0.0435. The predicted octanol–water partition coefficient (Wildman–Crippen LogP) is 6.12. The van der Waals surface area contributed by atoms with E-state index in [9.17, 15) is 10.1 Å². The van der Waals surface area contributed by atoms with Crippen LogP contribution in [0.25, 0.3) is 6.08 Å². The van der Waals surface area contributed by atoms with Crippen molar-refractivity contribution in [1.29, 1.82) is 5.26 Å². The van der Waals surface area contributed by atoms with Crippen molar-refractivity contribution in [2.24, 2.45) is 0 Å². The van der Waals surface area contributed by atoms with Crippen LogP contribution in [0, 0.1) is 11.3 Å². The zero-order valence-corrected chi connectivity index (χ0v) is 16.7. The van der Waals surface area contributed by atoms with Crippen LogP contribution < -0.4 is 10.1 Å². The van der Waals surface area contributed by atoms with Gasteiger partial charge in [-0.2, -0.15) is 5.26 Å². The number of nitrogens with zero attached hydrogens (tertiary/aromatic N) is 1. The number of nitriles is 1. The summed E-state index contributed by atoms with van der Waals surface area (Å²) in [6, 6.07) is 23.6. The summed E-state index contributed by atoms with van der Waals surface area (Å²) in [6.07, 6.45) is 1.49. The minimum absolute atomic E-state index is 0.0683. The second-order valence-corrected chi connectivity index (χ2v) is 6.94. The van der Waals surface area contributed by atoms with Crippen LogP contribution in [-0.4, -0.2) is 5.91 Å². The number of carbonyl (C=O) groups excluding carboxylic acids is 1.